The minimum Gasteiger partial charge on any atom is -0.368 e. The first-order chi connectivity index (χ1) is 13.8. The van der Waals surface area contributed by atoms with Crippen molar-refractivity contribution in [1.29, 1.82) is 0 Å². The molecule has 1 unspecified atom stereocenters. The highest BCUT2D eigenvalue weighted by Crippen LogP contribution is 2.11. The number of thiophene rings is 1. The maximum Gasteiger partial charge on any atom is 0.262 e. The van der Waals surface area contributed by atoms with E-state index < -0.39 is 17.9 Å². The normalized spacial score (nSPS) is 11.6. The lowest BCUT2D eigenvalue weighted by molar-refractivity contribution is -0.124. The van der Waals surface area contributed by atoms with Gasteiger partial charge in [0.05, 0.1) is 11.4 Å². The molecule has 154 valence electrons. The highest BCUT2D eigenvalue weighted by atomic mass is 32.1. The number of rotatable bonds is 9. The minimum atomic E-state index is -0.663. The number of carbonyl (C=O) groups excluding carboxylic acids is 4. The highest BCUT2D eigenvalue weighted by Gasteiger charge is 2.24. The molecule has 0 aliphatic carbocycles. The fourth-order valence-electron chi connectivity index (χ4n) is 2.50. The highest BCUT2D eigenvalue weighted by molar-refractivity contribution is 7.12. The molecular weight excluding hydrogens is 392 g/mol. The van der Waals surface area contributed by atoms with Gasteiger partial charge in [0.15, 0.2) is 0 Å². The summed E-state index contributed by atoms with van der Waals surface area (Å²) in [5.74, 6) is -1.68. The van der Waals surface area contributed by atoms with Gasteiger partial charge in [0.2, 0.25) is 11.8 Å². The van der Waals surface area contributed by atoms with Gasteiger partial charge in [0, 0.05) is 12.1 Å². The summed E-state index contributed by atoms with van der Waals surface area (Å²) in [6, 6.07) is 9.41. The lowest BCUT2D eigenvalue weighted by Crippen LogP contribution is -2.49. The SMILES string of the molecule is CC(C)C(NC(=O)c1cccs1)C(=O)NCc1ccc(C(=O)NCC(N)=O)cc1. The van der Waals surface area contributed by atoms with Crippen LogP contribution in [0.25, 0.3) is 0 Å². The van der Waals surface area contributed by atoms with Gasteiger partial charge in [-0.15, -0.1) is 11.3 Å². The summed E-state index contributed by atoms with van der Waals surface area (Å²) in [6.07, 6.45) is 0. The van der Waals surface area contributed by atoms with Crippen molar-refractivity contribution >= 4 is 35.0 Å². The summed E-state index contributed by atoms with van der Waals surface area (Å²) >= 11 is 1.31. The maximum absolute atomic E-state index is 12.6. The molecule has 1 heterocycles. The first kappa shape index (κ1) is 22.1. The molecule has 5 N–H and O–H groups in total. The molecule has 1 aromatic carbocycles. The van der Waals surface area contributed by atoms with E-state index in [2.05, 4.69) is 16.0 Å². The Morgan fingerprint density at radius 2 is 1.69 bits per heavy atom. The van der Waals surface area contributed by atoms with Crippen LogP contribution in [0.3, 0.4) is 0 Å². The molecule has 0 aliphatic rings. The van der Waals surface area contributed by atoms with Crippen molar-refractivity contribution in [3.05, 3.63) is 57.8 Å². The van der Waals surface area contributed by atoms with Gasteiger partial charge < -0.3 is 21.7 Å². The third kappa shape index (κ3) is 6.72. The molecule has 4 amide bonds. The molecule has 0 fully saturated rings. The molecule has 8 nitrogen and oxygen atoms in total. The molecule has 0 aliphatic heterocycles. The number of carbonyl (C=O) groups is 4. The van der Waals surface area contributed by atoms with E-state index >= 15 is 0 Å². The van der Waals surface area contributed by atoms with E-state index in [1.807, 2.05) is 13.8 Å². The molecule has 1 atom stereocenters. The number of nitrogens with one attached hydrogen (secondary N) is 3. The number of benzene rings is 1. The topological polar surface area (TPSA) is 130 Å². The van der Waals surface area contributed by atoms with Crippen molar-refractivity contribution in [3.63, 3.8) is 0 Å². The first-order valence-corrected chi connectivity index (χ1v) is 9.93. The van der Waals surface area contributed by atoms with Crippen LogP contribution < -0.4 is 21.7 Å². The molecule has 1 aromatic heterocycles. The third-order valence-corrected chi connectivity index (χ3v) is 4.96. The summed E-state index contributed by atoms with van der Waals surface area (Å²) < 4.78 is 0. The lowest BCUT2D eigenvalue weighted by atomic mass is 10.0. The lowest BCUT2D eigenvalue weighted by Gasteiger charge is -2.21. The van der Waals surface area contributed by atoms with E-state index in [4.69, 9.17) is 5.73 Å². The van der Waals surface area contributed by atoms with E-state index in [0.29, 0.717) is 10.4 Å². The summed E-state index contributed by atoms with van der Waals surface area (Å²) in [5, 5.41) is 9.78. The quantitative estimate of drug-likeness (QED) is 0.486. The van der Waals surface area contributed by atoms with Crippen molar-refractivity contribution in [2.24, 2.45) is 11.7 Å². The maximum atomic E-state index is 12.6. The summed E-state index contributed by atoms with van der Waals surface area (Å²) in [4.78, 5) is 47.9. The largest absolute Gasteiger partial charge is 0.368 e. The van der Waals surface area contributed by atoms with Gasteiger partial charge in [0.1, 0.15) is 6.04 Å². The number of primary amides is 1. The average Bonchev–Trinajstić information content (AvgIpc) is 3.23. The Balaban J connectivity index is 1.91. The predicted octanol–water partition coefficient (Wildman–Crippen LogP) is 1.03. The van der Waals surface area contributed by atoms with Gasteiger partial charge >= 0.3 is 0 Å². The molecule has 29 heavy (non-hydrogen) atoms. The van der Waals surface area contributed by atoms with Crippen LogP contribution in [-0.2, 0) is 16.1 Å². The van der Waals surface area contributed by atoms with E-state index in [-0.39, 0.29) is 30.8 Å². The first-order valence-electron chi connectivity index (χ1n) is 9.05. The van der Waals surface area contributed by atoms with Crippen LogP contribution in [0.5, 0.6) is 0 Å². The zero-order valence-electron chi connectivity index (χ0n) is 16.2. The Morgan fingerprint density at radius 3 is 2.24 bits per heavy atom. The summed E-state index contributed by atoms with van der Waals surface area (Å²) in [7, 11) is 0. The second-order valence-corrected chi connectivity index (χ2v) is 7.68. The van der Waals surface area contributed by atoms with E-state index in [0.717, 1.165) is 5.56 Å². The number of hydrogen-bond donors (Lipinski definition) is 4. The van der Waals surface area contributed by atoms with Gasteiger partial charge in [0.25, 0.3) is 11.8 Å². The Kier molecular flexibility index (Phi) is 7.90. The van der Waals surface area contributed by atoms with Crippen LogP contribution >= 0.6 is 11.3 Å². The summed E-state index contributed by atoms with van der Waals surface area (Å²) in [5.41, 5.74) is 6.16. The molecular formula is C20H24N4O4S. The monoisotopic (exact) mass is 416 g/mol. The van der Waals surface area contributed by atoms with Gasteiger partial charge in [-0.05, 0) is 35.1 Å². The molecule has 0 bridgehead atoms. The second-order valence-electron chi connectivity index (χ2n) is 6.74. The summed E-state index contributed by atoms with van der Waals surface area (Å²) in [6.45, 7) is 3.74. The predicted molar refractivity (Wildman–Crippen MR) is 110 cm³/mol. The van der Waals surface area contributed by atoms with Crippen LogP contribution in [0.2, 0.25) is 0 Å². The second kappa shape index (κ2) is 10.4. The van der Waals surface area contributed by atoms with Gasteiger partial charge in [-0.3, -0.25) is 19.2 Å². The number of amides is 4. The van der Waals surface area contributed by atoms with E-state index in [1.165, 1.54) is 11.3 Å². The average molecular weight is 417 g/mol. The Labute approximate surface area is 172 Å². The van der Waals surface area contributed by atoms with Gasteiger partial charge in [-0.1, -0.05) is 32.0 Å². The molecule has 0 saturated heterocycles. The van der Waals surface area contributed by atoms with Crippen molar-refractivity contribution in [2.45, 2.75) is 26.4 Å². The van der Waals surface area contributed by atoms with Crippen molar-refractivity contribution in [3.8, 4) is 0 Å². The van der Waals surface area contributed by atoms with Crippen molar-refractivity contribution in [2.75, 3.05) is 6.54 Å². The molecule has 0 radical (unpaired) electrons. The van der Waals surface area contributed by atoms with E-state index in [1.54, 1.807) is 41.8 Å². The zero-order chi connectivity index (χ0) is 21.4. The molecule has 2 aromatic rings. The molecule has 2 rings (SSSR count). The van der Waals surface area contributed by atoms with Crippen LogP contribution in [0.15, 0.2) is 41.8 Å². The molecule has 0 saturated carbocycles. The van der Waals surface area contributed by atoms with Crippen molar-refractivity contribution < 1.29 is 19.2 Å². The van der Waals surface area contributed by atoms with Gasteiger partial charge in [-0.25, -0.2) is 0 Å². The minimum absolute atomic E-state index is 0.0877. The fraction of sp³-hybridized carbons (Fsp3) is 0.300. The van der Waals surface area contributed by atoms with E-state index in [9.17, 15) is 19.2 Å². The Morgan fingerprint density at radius 1 is 1.00 bits per heavy atom. The Hall–Kier alpha value is -3.20. The number of hydrogen-bond acceptors (Lipinski definition) is 5. The van der Waals surface area contributed by atoms with Gasteiger partial charge in [-0.2, -0.15) is 0 Å². The van der Waals surface area contributed by atoms with Crippen LogP contribution in [0, 0.1) is 5.92 Å². The fourth-order valence-corrected chi connectivity index (χ4v) is 3.12. The third-order valence-electron chi connectivity index (χ3n) is 4.09. The van der Waals surface area contributed by atoms with Crippen LogP contribution in [0.1, 0.15) is 39.4 Å². The zero-order valence-corrected chi connectivity index (χ0v) is 17.0. The van der Waals surface area contributed by atoms with Crippen LogP contribution in [0.4, 0.5) is 0 Å². The van der Waals surface area contributed by atoms with Crippen LogP contribution in [-0.4, -0.2) is 36.2 Å². The number of nitrogens with two attached hydrogens (primary N) is 1. The smallest absolute Gasteiger partial charge is 0.262 e. The standard InChI is InChI=1S/C20H24N4O4S/c1-12(2)17(24-19(27)15-4-3-9-29-15)20(28)22-10-13-5-7-14(8-6-13)18(26)23-11-16(21)25/h3-9,12,17H,10-11H2,1-2H3,(H2,21,25)(H,22,28)(H,23,26)(H,24,27). The van der Waals surface area contributed by atoms with Crippen molar-refractivity contribution in [1.82, 2.24) is 16.0 Å². The molecule has 0 spiro atoms. The Bertz CT molecular complexity index is 863. The molecule has 9 heteroatoms.